The summed E-state index contributed by atoms with van der Waals surface area (Å²) in [6, 6.07) is 33.7. The monoisotopic (exact) mass is 1060 g/mol. The lowest BCUT2D eigenvalue weighted by Gasteiger charge is -2.39. The summed E-state index contributed by atoms with van der Waals surface area (Å²) in [5.41, 5.74) is 1.42. The number of benzene rings is 4. The Balaban J connectivity index is 0.987. The summed E-state index contributed by atoms with van der Waals surface area (Å²) >= 11 is 0. The molecular weight excluding hydrogens is 998 g/mol. The van der Waals surface area contributed by atoms with Crippen molar-refractivity contribution in [3.05, 3.63) is 177 Å². The van der Waals surface area contributed by atoms with Crippen molar-refractivity contribution in [2.45, 2.75) is 101 Å². The molecule has 0 radical (unpaired) electrons. The number of ether oxygens (including phenoxy) is 5. The van der Waals surface area contributed by atoms with Crippen molar-refractivity contribution >= 4 is 39.5 Å². The Hall–Kier alpha value is -6.74. The molecule has 1 amide bonds. The summed E-state index contributed by atoms with van der Waals surface area (Å²) in [4.78, 5) is 54.7. The first-order valence-electron chi connectivity index (χ1n) is 24.6. The van der Waals surface area contributed by atoms with Gasteiger partial charge in [-0.1, -0.05) is 93.6 Å². The number of hydrogen-bond acceptors (Lipinski definition) is 15. The summed E-state index contributed by atoms with van der Waals surface area (Å²) < 4.78 is 68.3. The number of amides is 1. The molecule has 5 heterocycles. The van der Waals surface area contributed by atoms with Crippen LogP contribution in [0.15, 0.2) is 138 Å². The fourth-order valence-corrected chi connectivity index (χ4v) is 11.2. The molecule has 7 atom stereocenters. The van der Waals surface area contributed by atoms with Crippen LogP contribution in [-0.4, -0.2) is 95.1 Å². The van der Waals surface area contributed by atoms with Gasteiger partial charge in [0.1, 0.15) is 60.8 Å². The van der Waals surface area contributed by atoms with Crippen LogP contribution in [-0.2, 0) is 37.9 Å². The zero-order valence-electron chi connectivity index (χ0n) is 43.0. The van der Waals surface area contributed by atoms with Gasteiger partial charge in [0.15, 0.2) is 25.3 Å². The van der Waals surface area contributed by atoms with Gasteiger partial charge in [-0.3, -0.25) is 23.7 Å². The molecule has 2 saturated heterocycles. The standard InChI is InChI=1S/C54H60N7O12PSi/c1-34-29-60(52(64)59-50(34)62)45-27-41(43(70-45)30-68-54(36-17-13-10-14-18-36,37-19-23-39(66-5)24-20-37)38-21-25-40(67-6)26-22-38)72-74(65)69-31-44-42(73-75(7,8)53(2,3)4)28-46(71-44)61-33-57-47-48(55-32-56-49(47)61)58-51(63)35-15-11-9-12-16-35/h9-26,29,32-33,41-46H,27-28,30-31H2,1-8H3,(H-,55,56,58,59,62,63,64)/p+1/t41-,42-,43+,44+,45+,46+/m0/s1. The molecule has 3 aromatic heterocycles. The van der Waals surface area contributed by atoms with Gasteiger partial charge in [0.05, 0.1) is 33.3 Å². The largest absolute Gasteiger partial charge is 0.697 e. The minimum Gasteiger partial charge on any atom is -0.497 e. The maximum Gasteiger partial charge on any atom is 0.697 e. The number of aryl methyl sites for hydroxylation is 1. The molecule has 0 aliphatic carbocycles. The molecule has 9 rings (SSSR count). The normalized spacial score (nSPS) is 20.3. The lowest BCUT2D eigenvalue weighted by atomic mass is 9.80. The Bertz CT molecular complexity index is 3200. The number of carbonyl (C=O) groups excluding carboxylic acids is 1. The van der Waals surface area contributed by atoms with Crippen LogP contribution in [0.5, 0.6) is 11.5 Å². The van der Waals surface area contributed by atoms with E-state index in [2.05, 4.69) is 59.1 Å². The number of aromatic amines is 1. The van der Waals surface area contributed by atoms with E-state index in [9.17, 15) is 18.9 Å². The number of carbonyl (C=O) groups is 1. The molecule has 2 fully saturated rings. The highest BCUT2D eigenvalue weighted by molar-refractivity contribution is 7.33. The maximum absolute atomic E-state index is 14.3. The zero-order chi connectivity index (χ0) is 53.1. The van der Waals surface area contributed by atoms with E-state index in [1.807, 2.05) is 84.9 Å². The maximum atomic E-state index is 14.3. The minimum atomic E-state index is -2.88. The molecule has 4 aromatic carbocycles. The molecule has 0 saturated carbocycles. The molecule has 0 bridgehead atoms. The van der Waals surface area contributed by atoms with Gasteiger partial charge in [-0.05, 0) is 78.1 Å². The molecule has 2 aliphatic heterocycles. The first-order chi connectivity index (χ1) is 36.0. The van der Waals surface area contributed by atoms with E-state index in [0.717, 1.165) is 16.7 Å². The lowest BCUT2D eigenvalue weighted by molar-refractivity contribution is -0.0926. The number of rotatable bonds is 19. The molecule has 2 N–H and O–H groups in total. The summed E-state index contributed by atoms with van der Waals surface area (Å²) in [6.45, 7) is 12.0. The Morgan fingerprint density at radius 2 is 1.35 bits per heavy atom. The van der Waals surface area contributed by atoms with E-state index in [4.69, 9.17) is 37.2 Å². The number of nitrogens with one attached hydrogen (secondary N) is 2. The summed E-state index contributed by atoms with van der Waals surface area (Å²) in [7, 11) is -2.11. The molecule has 7 aromatic rings. The highest BCUT2D eigenvalue weighted by atomic mass is 31.1. The molecule has 2 aliphatic rings. The van der Waals surface area contributed by atoms with Crippen LogP contribution < -0.4 is 26.0 Å². The van der Waals surface area contributed by atoms with Crippen molar-refractivity contribution in [2.24, 2.45) is 0 Å². The second kappa shape index (κ2) is 22.2. The number of nitrogens with zero attached hydrogens (tertiary/aromatic N) is 5. The van der Waals surface area contributed by atoms with E-state index in [-0.39, 0.29) is 36.4 Å². The third kappa shape index (κ3) is 11.3. The molecule has 19 nitrogen and oxygen atoms in total. The number of H-pyrrole nitrogens is 1. The van der Waals surface area contributed by atoms with Gasteiger partial charge in [0, 0.05) is 34.7 Å². The first kappa shape index (κ1) is 53.1. The number of imidazole rings is 1. The van der Waals surface area contributed by atoms with Crippen LogP contribution in [0, 0.1) is 6.92 Å². The average molecular weight is 1060 g/mol. The van der Waals surface area contributed by atoms with E-state index < -0.39 is 70.3 Å². The molecule has 0 spiro atoms. The molecule has 392 valence electrons. The molecular formula is C54H61N7O12PSi+. The summed E-state index contributed by atoms with van der Waals surface area (Å²) in [5.74, 6) is 1.19. The Kier molecular flexibility index (Phi) is 15.7. The van der Waals surface area contributed by atoms with E-state index in [0.29, 0.717) is 40.2 Å². The summed E-state index contributed by atoms with van der Waals surface area (Å²) in [5, 5.41) is 2.69. The Morgan fingerprint density at radius 1 is 0.773 bits per heavy atom. The Labute approximate surface area is 435 Å². The van der Waals surface area contributed by atoms with Crippen molar-refractivity contribution < 1.29 is 46.5 Å². The smallest absolute Gasteiger partial charge is 0.497 e. The first-order valence-corrected chi connectivity index (χ1v) is 28.6. The highest BCUT2D eigenvalue weighted by Crippen LogP contribution is 2.46. The third-order valence-electron chi connectivity index (χ3n) is 14.2. The van der Waals surface area contributed by atoms with Crippen LogP contribution in [0.4, 0.5) is 5.82 Å². The number of methoxy groups -OCH3 is 2. The van der Waals surface area contributed by atoms with Crippen molar-refractivity contribution in [3.8, 4) is 11.5 Å². The van der Waals surface area contributed by atoms with Crippen LogP contribution >= 0.6 is 8.25 Å². The fraction of sp³-hybridized carbons (Fsp3) is 0.370. The van der Waals surface area contributed by atoms with Crippen molar-refractivity contribution in [3.63, 3.8) is 0 Å². The quantitative estimate of drug-likeness (QED) is 0.0439. The number of aromatic nitrogens is 6. The molecule has 75 heavy (non-hydrogen) atoms. The topological polar surface area (TPSA) is 218 Å². The lowest BCUT2D eigenvalue weighted by Crippen LogP contribution is -2.46. The second-order valence-electron chi connectivity index (χ2n) is 20.0. The van der Waals surface area contributed by atoms with Gasteiger partial charge >= 0.3 is 13.9 Å². The number of anilines is 1. The van der Waals surface area contributed by atoms with Gasteiger partial charge in [-0.25, -0.2) is 19.7 Å². The van der Waals surface area contributed by atoms with E-state index >= 15 is 0 Å². The predicted molar refractivity (Wildman–Crippen MR) is 282 cm³/mol. The highest BCUT2D eigenvalue weighted by Gasteiger charge is 2.49. The fourth-order valence-electron chi connectivity index (χ4n) is 9.11. The van der Waals surface area contributed by atoms with Crippen LogP contribution in [0.3, 0.4) is 0 Å². The summed E-state index contributed by atoms with van der Waals surface area (Å²) in [6.07, 6.45) is 0.0617. The van der Waals surface area contributed by atoms with Gasteiger partial charge in [-0.2, -0.15) is 0 Å². The molecule has 1 unspecified atom stereocenters. The van der Waals surface area contributed by atoms with Crippen molar-refractivity contribution in [1.82, 2.24) is 29.1 Å². The van der Waals surface area contributed by atoms with Gasteiger partial charge in [0.25, 0.3) is 11.5 Å². The predicted octanol–water partition coefficient (Wildman–Crippen LogP) is 8.99. The second-order valence-corrected chi connectivity index (χ2v) is 25.6. The van der Waals surface area contributed by atoms with E-state index in [1.165, 1.54) is 17.1 Å². The van der Waals surface area contributed by atoms with E-state index in [1.54, 1.807) is 56.3 Å². The number of hydrogen-bond donors (Lipinski definition) is 2. The van der Waals surface area contributed by atoms with Crippen molar-refractivity contribution in [2.75, 3.05) is 32.8 Å². The minimum absolute atomic E-state index is 0.0374. The van der Waals surface area contributed by atoms with Crippen molar-refractivity contribution in [1.29, 1.82) is 0 Å². The zero-order valence-corrected chi connectivity index (χ0v) is 44.9. The average Bonchev–Trinajstić information content (AvgIpc) is 4.14. The van der Waals surface area contributed by atoms with Crippen LogP contribution in [0.25, 0.3) is 11.2 Å². The Morgan fingerprint density at radius 3 is 1.96 bits per heavy atom. The van der Waals surface area contributed by atoms with Gasteiger partial charge in [0.2, 0.25) is 0 Å². The van der Waals surface area contributed by atoms with Gasteiger partial charge in [-0.15, -0.1) is 9.05 Å². The van der Waals surface area contributed by atoms with Crippen LogP contribution in [0.2, 0.25) is 18.1 Å². The third-order valence-corrected chi connectivity index (χ3v) is 19.5. The SMILES string of the molecule is COc1ccc(C(OC[C@H]2O[C@@H](n3cc(C)c(=O)[nH]c3=O)C[C@@H]2O[P+](=O)OC[C@H]2O[C@@H](n3cnc4c(NC(=O)c5ccccc5)ncnc43)C[C@@H]2O[Si](C)(C)C(C)(C)C)(c2ccccc2)c2ccc(OC)cc2)cc1. The van der Waals surface area contributed by atoms with Crippen LogP contribution in [0.1, 0.15) is 78.7 Å². The number of fused-ring (bicyclic) bond motifs is 1. The van der Waals surface area contributed by atoms with Gasteiger partial charge < -0.3 is 33.4 Å². The molecule has 21 heteroatoms.